The van der Waals surface area contributed by atoms with Gasteiger partial charge in [0.05, 0.1) is 16.9 Å². The maximum Gasteiger partial charge on any atom is 0.273 e. The van der Waals surface area contributed by atoms with Gasteiger partial charge in [-0.3, -0.25) is 10.1 Å². The van der Waals surface area contributed by atoms with Crippen LogP contribution in [-0.4, -0.2) is 16.2 Å². The van der Waals surface area contributed by atoms with Gasteiger partial charge in [0.15, 0.2) is 11.5 Å². The molecule has 6 nitrogen and oxygen atoms in total. The van der Waals surface area contributed by atoms with E-state index in [1.54, 1.807) is 12.1 Å². The van der Waals surface area contributed by atoms with Crippen LogP contribution in [-0.2, 0) is 4.79 Å². The molecule has 3 atom stereocenters. The molecule has 1 aliphatic rings. The lowest BCUT2D eigenvalue weighted by Crippen LogP contribution is -1.86. The molecule has 1 heterocycles. The van der Waals surface area contributed by atoms with Gasteiger partial charge in [-0.1, -0.05) is 12.1 Å². The van der Waals surface area contributed by atoms with Gasteiger partial charge >= 0.3 is 0 Å². The van der Waals surface area contributed by atoms with Crippen LogP contribution >= 0.6 is 0 Å². The number of nitro benzene ring substituents is 1. The molecule has 0 N–H and O–H groups in total. The van der Waals surface area contributed by atoms with Crippen molar-refractivity contribution in [2.45, 2.75) is 11.8 Å². The summed E-state index contributed by atoms with van der Waals surface area (Å²) in [5, 5.41) is 10.8. The highest BCUT2D eigenvalue weighted by Crippen LogP contribution is 2.59. The SMILES string of the molecule is O=C[C@@H]1[C@@H](c2ccc(F)cc2)[C@H]1c1nc2ccc([N+](=O)[O-])cc2o1. The molecule has 7 heteroatoms. The van der Waals surface area contributed by atoms with Gasteiger partial charge in [-0.05, 0) is 23.8 Å². The number of carbonyl (C=O) groups is 1. The summed E-state index contributed by atoms with van der Waals surface area (Å²) >= 11 is 0. The van der Waals surface area contributed by atoms with E-state index in [9.17, 15) is 19.3 Å². The Morgan fingerprint density at radius 2 is 1.92 bits per heavy atom. The lowest BCUT2D eigenvalue weighted by molar-refractivity contribution is -0.384. The summed E-state index contributed by atoms with van der Waals surface area (Å²) in [6, 6.07) is 10.2. The van der Waals surface area contributed by atoms with Crippen molar-refractivity contribution in [2.75, 3.05) is 0 Å². The number of fused-ring (bicyclic) bond motifs is 1. The summed E-state index contributed by atoms with van der Waals surface area (Å²) in [7, 11) is 0. The average molecular weight is 326 g/mol. The van der Waals surface area contributed by atoms with E-state index in [0.717, 1.165) is 11.8 Å². The molecule has 0 spiro atoms. The molecule has 0 saturated heterocycles. The van der Waals surface area contributed by atoms with Crippen molar-refractivity contribution in [1.29, 1.82) is 0 Å². The molecular formula is C17H11FN2O4. The van der Waals surface area contributed by atoms with E-state index in [1.807, 2.05) is 0 Å². The molecule has 3 aromatic rings. The first kappa shape index (κ1) is 14.5. The Kier molecular flexibility index (Phi) is 3.16. The topological polar surface area (TPSA) is 86.2 Å². The number of carbonyl (C=O) groups excluding carboxylic acids is 1. The van der Waals surface area contributed by atoms with E-state index in [2.05, 4.69) is 4.98 Å². The number of non-ortho nitro benzene ring substituents is 1. The largest absolute Gasteiger partial charge is 0.440 e. The number of aromatic nitrogens is 1. The Bertz CT molecular complexity index is 951. The van der Waals surface area contributed by atoms with Gasteiger partial charge in [-0.15, -0.1) is 0 Å². The number of nitro groups is 1. The van der Waals surface area contributed by atoms with E-state index < -0.39 is 4.92 Å². The normalized spacial score (nSPS) is 22.5. The number of nitrogens with zero attached hydrogens (tertiary/aromatic N) is 2. The summed E-state index contributed by atoms with van der Waals surface area (Å²) in [5.74, 6) is -0.617. The van der Waals surface area contributed by atoms with Crippen molar-refractivity contribution in [3.8, 4) is 0 Å². The van der Waals surface area contributed by atoms with E-state index in [-0.39, 0.29) is 29.3 Å². The molecule has 1 fully saturated rings. The summed E-state index contributed by atoms with van der Waals surface area (Å²) < 4.78 is 18.7. The van der Waals surface area contributed by atoms with Gasteiger partial charge in [0.2, 0.25) is 0 Å². The molecule has 120 valence electrons. The van der Waals surface area contributed by atoms with Gasteiger partial charge in [-0.2, -0.15) is 0 Å². The first-order valence-electron chi connectivity index (χ1n) is 7.34. The third-order valence-electron chi connectivity index (χ3n) is 4.37. The van der Waals surface area contributed by atoms with Gasteiger partial charge in [0.25, 0.3) is 5.69 Å². The highest BCUT2D eigenvalue weighted by Gasteiger charge is 2.54. The molecule has 4 rings (SSSR count). The standard InChI is InChI=1S/C17H11FN2O4/c18-10-3-1-9(2-4-10)15-12(8-21)16(15)17-19-13-6-5-11(20(22)23)7-14(13)24-17/h1-8,12,15-16H/t12-,15-,16+/m1/s1. The monoisotopic (exact) mass is 326 g/mol. The minimum absolute atomic E-state index is 0.0805. The zero-order valence-corrected chi connectivity index (χ0v) is 12.3. The molecule has 0 aliphatic heterocycles. The van der Waals surface area contributed by atoms with Crippen LogP contribution in [0, 0.1) is 21.8 Å². The Balaban J connectivity index is 1.70. The number of hydrogen-bond acceptors (Lipinski definition) is 5. The predicted octanol–water partition coefficient (Wildman–Crippen LogP) is 3.57. The molecule has 0 unspecified atom stereocenters. The maximum absolute atomic E-state index is 13.1. The second-order valence-electron chi connectivity index (χ2n) is 5.78. The fourth-order valence-electron chi connectivity index (χ4n) is 3.12. The third-order valence-corrected chi connectivity index (χ3v) is 4.37. The smallest absolute Gasteiger partial charge is 0.273 e. The number of rotatable bonds is 4. The molecule has 24 heavy (non-hydrogen) atoms. The van der Waals surface area contributed by atoms with Crippen molar-refractivity contribution in [1.82, 2.24) is 4.98 Å². The number of oxazole rings is 1. The fraction of sp³-hybridized carbons (Fsp3) is 0.176. The van der Waals surface area contributed by atoms with Crippen LogP contribution in [0.1, 0.15) is 23.3 Å². The fourth-order valence-corrected chi connectivity index (χ4v) is 3.12. The van der Waals surface area contributed by atoms with Crippen molar-refractivity contribution < 1.29 is 18.5 Å². The average Bonchev–Trinajstić information content (AvgIpc) is 3.16. The molecule has 0 amide bonds. The van der Waals surface area contributed by atoms with Gasteiger partial charge in [0, 0.05) is 17.9 Å². The molecule has 0 radical (unpaired) electrons. The van der Waals surface area contributed by atoms with E-state index in [1.165, 1.54) is 30.3 Å². The van der Waals surface area contributed by atoms with Crippen LogP contribution in [0.15, 0.2) is 46.9 Å². The van der Waals surface area contributed by atoms with Gasteiger partial charge in [0.1, 0.15) is 17.6 Å². The molecule has 1 saturated carbocycles. The van der Waals surface area contributed by atoms with Crippen LogP contribution in [0.2, 0.25) is 0 Å². The van der Waals surface area contributed by atoms with Crippen molar-refractivity contribution in [3.05, 3.63) is 69.9 Å². The number of benzene rings is 2. The summed E-state index contributed by atoms with van der Waals surface area (Å²) in [5.41, 5.74) is 1.58. The predicted molar refractivity (Wildman–Crippen MR) is 82.1 cm³/mol. The van der Waals surface area contributed by atoms with E-state index >= 15 is 0 Å². The number of halogens is 1. The highest BCUT2D eigenvalue weighted by atomic mass is 19.1. The van der Waals surface area contributed by atoms with Gasteiger partial charge < -0.3 is 9.21 Å². The number of aldehydes is 1. The Labute approximate surface area is 135 Å². The zero-order chi connectivity index (χ0) is 16.8. The minimum Gasteiger partial charge on any atom is -0.440 e. The first-order chi connectivity index (χ1) is 11.6. The Morgan fingerprint density at radius 1 is 1.17 bits per heavy atom. The summed E-state index contributed by atoms with van der Waals surface area (Å²) in [4.78, 5) is 26.0. The molecular weight excluding hydrogens is 315 g/mol. The van der Waals surface area contributed by atoms with Crippen molar-refractivity contribution in [2.24, 2.45) is 5.92 Å². The third kappa shape index (κ3) is 2.25. The lowest BCUT2D eigenvalue weighted by atomic mass is 10.1. The summed E-state index contributed by atoms with van der Waals surface area (Å²) in [6.45, 7) is 0. The van der Waals surface area contributed by atoms with Crippen LogP contribution in [0.3, 0.4) is 0 Å². The van der Waals surface area contributed by atoms with Crippen LogP contribution < -0.4 is 0 Å². The number of hydrogen-bond donors (Lipinski definition) is 0. The van der Waals surface area contributed by atoms with Gasteiger partial charge in [-0.25, -0.2) is 9.37 Å². The van der Waals surface area contributed by atoms with E-state index in [4.69, 9.17) is 4.42 Å². The van der Waals surface area contributed by atoms with Crippen LogP contribution in [0.4, 0.5) is 10.1 Å². The highest BCUT2D eigenvalue weighted by molar-refractivity contribution is 5.76. The second kappa shape index (κ2) is 5.23. The van der Waals surface area contributed by atoms with Crippen LogP contribution in [0.5, 0.6) is 0 Å². The first-order valence-corrected chi connectivity index (χ1v) is 7.34. The van der Waals surface area contributed by atoms with E-state index in [0.29, 0.717) is 17.0 Å². The second-order valence-corrected chi connectivity index (χ2v) is 5.78. The van der Waals surface area contributed by atoms with Crippen molar-refractivity contribution in [3.63, 3.8) is 0 Å². The lowest BCUT2D eigenvalue weighted by Gasteiger charge is -1.97. The quantitative estimate of drug-likeness (QED) is 0.415. The maximum atomic E-state index is 13.1. The molecule has 1 aliphatic carbocycles. The Hall–Kier alpha value is -3.09. The summed E-state index contributed by atoms with van der Waals surface area (Å²) in [6.07, 6.45) is 0.843. The Morgan fingerprint density at radius 3 is 2.58 bits per heavy atom. The zero-order valence-electron chi connectivity index (χ0n) is 12.3. The van der Waals surface area contributed by atoms with Crippen LogP contribution in [0.25, 0.3) is 11.1 Å². The molecule has 0 bridgehead atoms. The molecule has 1 aromatic heterocycles. The van der Waals surface area contributed by atoms with Crippen molar-refractivity contribution >= 4 is 23.1 Å². The minimum atomic E-state index is -0.506. The molecule has 2 aromatic carbocycles.